The number of anilines is 1. The Balaban J connectivity index is 1.52. The van der Waals surface area contributed by atoms with Gasteiger partial charge >= 0.3 is 0 Å². The van der Waals surface area contributed by atoms with Crippen LogP contribution in [0.15, 0.2) is 29.6 Å². The monoisotopic (exact) mass is 397 g/mol. The molecule has 1 N–H and O–H groups in total. The first-order valence-corrected chi connectivity index (χ1v) is 11.1. The van der Waals surface area contributed by atoms with Crippen molar-refractivity contribution >= 4 is 44.9 Å². The zero-order chi connectivity index (χ0) is 19.0. The first kappa shape index (κ1) is 18.4. The molecule has 0 fully saturated rings. The maximum Gasteiger partial charge on any atom is 0.234 e. The lowest BCUT2D eigenvalue weighted by atomic mass is 9.89. The van der Waals surface area contributed by atoms with Crippen molar-refractivity contribution in [2.24, 2.45) is 5.92 Å². The molecular weight excluding hydrogens is 374 g/mol. The van der Waals surface area contributed by atoms with Crippen LogP contribution in [-0.2, 0) is 17.6 Å². The summed E-state index contributed by atoms with van der Waals surface area (Å²) in [5.74, 6) is 1.08. The second-order valence-corrected chi connectivity index (χ2v) is 9.34. The summed E-state index contributed by atoms with van der Waals surface area (Å²) in [5.41, 5.74) is 4.58. The highest BCUT2D eigenvalue weighted by Crippen LogP contribution is 2.40. The summed E-state index contributed by atoms with van der Waals surface area (Å²) >= 11 is 3.30. The maximum absolute atomic E-state index is 12.5. The Kier molecular flexibility index (Phi) is 5.19. The third kappa shape index (κ3) is 3.73. The number of carbonyl (C=O) groups is 1. The van der Waals surface area contributed by atoms with Crippen molar-refractivity contribution < 1.29 is 4.79 Å². The van der Waals surface area contributed by atoms with Gasteiger partial charge < -0.3 is 5.32 Å². The van der Waals surface area contributed by atoms with Crippen molar-refractivity contribution in [3.05, 3.63) is 46.1 Å². The van der Waals surface area contributed by atoms with E-state index in [0.717, 1.165) is 39.9 Å². The molecule has 0 bridgehead atoms. The van der Waals surface area contributed by atoms with E-state index >= 15 is 0 Å². The standard InChI is InChI=1S/C21H23N3OS2/c1-12-7-8-15-17(9-12)27-21-19(15)20(22-11-23-21)26-10-18(25)24-16-6-4-5-13(2)14(16)3/h4-6,11-12H,7-10H2,1-3H3,(H,24,25)/t12-/m1/s1. The summed E-state index contributed by atoms with van der Waals surface area (Å²) in [6.07, 6.45) is 5.06. The van der Waals surface area contributed by atoms with Gasteiger partial charge in [0.1, 0.15) is 16.2 Å². The van der Waals surface area contributed by atoms with E-state index in [4.69, 9.17) is 0 Å². The molecule has 4 rings (SSSR count). The number of thiophene rings is 1. The van der Waals surface area contributed by atoms with Gasteiger partial charge in [-0.15, -0.1) is 11.3 Å². The largest absolute Gasteiger partial charge is 0.325 e. The molecule has 4 nitrogen and oxygen atoms in total. The molecule has 0 aliphatic heterocycles. The summed E-state index contributed by atoms with van der Waals surface area (Å²) in [7, 11) is 0. The molecule has 0 radical (unpaired) electrons. The molecule has 0 saturated heterocycles. The van der Waals surface area contributed by atoms with E-state index in [1.165, 1.54) is 39.6 Å². The van der Waals surface area contributed by atoms with E-state index in [-0.39, 0.29) is 5.91 Å². The van der Waals surface area contributed by atoms with Crippen molar-refractivity contribution in [3.8, 4) is 0 Å². The second-order valence-electron chi connectivity index (χ2n) is 7.30. The summed E-state index contributed by atoms with van der Waals surface area (Å²) in [6.45, 7) is 6.40. The molecule has 0 unspecified atom stereocenters. The number of benzene rings is 1. The fourth-order valence-corrected chi connectivity index (χ4v) is 5.80. The summed E-state index contributed by atoms with van der Waals surface area (Å²) < 4.78 is 0. The molecule has 2 aromatic heterocycles. The number of nitrogens with one attached hydrogen (secondary N) is 1. The Morgan fingerprint density at radius 1 is 1.33 bits per heavy atom. The normalized spacial score (nSPS) is 16.3. The molecular formula is C21H23N3OS2. The molecule has 1 aromatic carbocycles. The number of thioether (sulfide) groups is 1. The number of carbonyl (C=O) groups excluding carboxylic acids is 1. The Hall–Kier alpha value is -1.92. The fraction of sp³-hybridized carbons (Fsp3) is 0.381. The van der Waals surface area contributed by atoms with Crippen LogP contribution < -0.4 is 5.32 Å². The number of hydrogen-bond donors (Lipinski definition) is 1. The van der Waals surface area contributed by atoms with E-state index in [1.807, 2.05) is 19.1 Å². The van der Waals surface area contributed by atoms with Crippen LogP contribution in [0.4, 0.5) is 5.69 Å². The number of amides is 1. The van der Waals surface area contributed by atoms with Gasteiger partial charge in [-0.1, -0.05) is 30.8 Å². The molecule has 1 amide bonds. The maximum atomic E-state index is 12.5. The first-order chi connectivity index (χ1) is 13.0. The predicted molar refractivity (Wildman–Crippen MR) is 114 cm³/mol. The lowest BCUT2D eigenvalue weighted by Gasteiger charge is -2.18. The molecule has 0 saturated carbocycles. The van der Waals surface area contributed by atoms with Crippen LogP contribution in [0.1, 0.15) is 34.9 Å². The van der Waals surface area contributed by atoms with Gasteiger partial charge in [-0.3, -0.25) is 4.79 Å². The van der Waals surface area contributed by atoms with Gasteiger partial charge in [0.2, 0.25) is 5.91 Å². The zero-order valence-electron chi connectivity index (χ0n) is 15.8. The number of aryl methyl sites for hydroxylation is 2. The number of aromatic nitrogens is 2. The van der Waals surface area contributed by atoms with E-state index < -0.39 is 0 Å². The van der Waals surface area contributed by atoms with Crippen molar-refractivity contribution in [2.45, 2.75) is 45.1 Å². The molecule has 1 aliphatic carbocycles. The van der Waals surface area contributed by atoms with E-state index in [1.54, 1.807) is 17.7 Å². The van der Waals surface area contributed by atoms with E-state index in [0.29, 0.717) is 5.75 Å². The third-order valence-electron chi connectivity index (χ3n) is 5.28. The Morgan fingerprint density at radius 2 is 2.19 bits per heavy atom. The minimum Gasteiger partial charge on any atom is -0.325 e. The molecule has 2 heterocycles. The van der Waals surface area contributed by atoms with Gasteiger partial charge in [0, 0.05) is 16.0 Å². The van der Waals surface area contributed by atoms with Gasteiger partial charge in [0.15, 0.2) is 0 Å². The van der Waals surface area contributed by atoms with Crippen LogP contribution in [0.25, 0.3) is 10.2 Å². The van der Waals surface area contributed by atoms with Crippen molar-refractivity contribution in [1.29, 1.82) is 0 Å². The van der Waals surface area contributed by atoms with Crippen LogP contribution in [0.3, 0.4) is 0 Å². The van der Waals surface area contributed by atoms with Crippen LogP contribution in [0, 0.1) is 19.8 Å². The van der Waals surface area contributed by atoms with Crippen LogP contribution in [-0.4, -0.2) is 21.6 Å². The fourth-order valence-electron chi connectivity index (χ4n) is 3.56. The average molecular weight is 398 g/mol. The van der Waals surface area contributed by atoms with Gasteiger partial charge in [0.05, 0.1) is 5.75 Å². The quantitative estimate of drug-likeness (QED) is 0.488. The SMILES string of the molecule is Cc1cccc(NC(=O)CSc2ncnc3sc4c(c23)CC[C@@H](C)C4)c1C. The molecule has 27 heavy (non-hydrogen) atoms. The van der Waals surface area contributed by atoms with E-state index in [2.05, 4.69) is 35.2 Å². The van der Waals surface area contributed by atoms with Crippen molar-refractivity contribution in [3.63, 3.8) is 0 Å². The summed E-state index contributed by atoms with van der Waals surface area (Å²) in [5, 5.41) is 5.14. The van der Waals surface area contributed by atoms with Crippen LogP contribution >= 0.6 is 23.1 Å². The first-order valence-electron chi connectivity index (χ1n) is 9.27. The second kappa shape index (κ2) is 7.60. The number of fused-ring (bicyclic) bond motifs is 3. The number of hydrogen-bond acceptors (Lipinski definition) is 5. The Morgan fingerprint density at radius 3 is 3.04 bits per heavy atom. The van der Waals surface area contributed by atoms with Gasteiger partial charge in [0.25, 0.3) is 0 Å². The van der Waals surface area contributed by atoms with Gasteiger partial charge in [-0.2, -0.15) is 0 Å². The van der Waals surface area contributed by atoms with Crippen molar-refractivity contribution in [1.82, 2.24) is 9.97 Å². The molecule has 1 aliphatic rings. The van der Waals surface area contributed by atoms with E-state index in [9.17, 15) is 4.79 Å². The topological polar surface area (TPSA) is 54.9 Å². The van der Waals surface area contributed by atoms with Gasteiger partial charge in [-0.25, -0.2) is 9.97 Å². The van der Waals surface area contributed by atoms with Gasteiger partial charge in [-0.05, 0) is 61.8 Å². The molecule has 3 aromatic rings. The van der Waals surface area contributed by atoms with Crippen molar-refractivity contribution in [2.75, 3.05) is 11.1 Å². The Bertz CT molecular complexity index is 1010. The minimum absolute atomic E-state index is 0.00168. The average Bonchev–Trinajstić information content (AvgIpc) is 3.01. The Labute approximate surface area is 167 Å². The molecule has 140 valence electrons. The summed E-state index contributed by atoms with van der Waals surface area (Å²) in [4.78, 5) is 24.0. The van der Waals surface area contributed by atoms with Crippen LogP contribution in [0.2, 0.25) is 0 Å². The number of nitrogens with zero attached hydrogens (tertiary/aromatic N) is 2. The smallest absolute Gasteiger partial charge is 0.234 e. The zero-order valence-corrected chi connectivity index (χ0v) is 17.5. The molecule has 6 heteroatoms. The summed E-state index contributed by atoms with van der Waals surface area (Å²) in [6, 6.07) is 5.97. The highest BCUT2D eigenvalue weighted by atomic mass is 32.2. The lowest BCUT2D eigenvalue weighted by molar-refractivity contribution is -0.113. The lowest BCUT2D eigenvalue weighted by Crippen LogP contribution is -2.15. The molecule has 1 atom stereocenters. The highest BCUT2D eigenvalue weighted by Gasteiger charge is 2.23. The predicted octanol–water partition coefficient (Wildman–Crippen LogP) is 5.16. The highest BCUT2D eigenvalue weighted by molar-refractivity contribution is 8.00. The van der Waals surface area contributed by atoms with Crippen LogP contribution in [0.5, 0.6) is 0 Å². The molecule has 0 spiro atoms. The minimum atomic E-state index is -0.00168. The number of rotatable bonds is 4. The third-order valence-corrected chi connectivity index (χ3v) is 7.43.